The minimum absolute atomic E-state index is 0.0425. The predicted octanol–water partition coefficient (Wildman–Crippen LogP) is 11.2. The summed E-state index contributed by atoms with van der Waals surface area (Å²) in [5.41, 5.74) is 6.11. The number of aliphatic carboxylic acids is 1. The molecule has 14 heteroatoms. The van der Waals surface area contributed by atoms with Gasteiger partial charge in [0.15, 0.2) is 6.10 Å². The van der Waals surface area contributed by atoms with E-state index in [2.05, 4.69) is 30.5 Å². The van der Waals surface area contributed by atoms with Crippen LogP contribution in [-0.2, 0) is 32.9 Å². The van der Waals surface area contributed by atoms with E-state index in [1.165, 1.54) is 121 Å². The first-order chi connectivity index (χ1) is 29.4. The standard InChI is InChI=1S/C47H84NO11PS/c1-3-5-7-9-11-13-15-17-18-19-20-21-22-24-26-28-30-32-37-46(52)59-41(39-58-60(54,55)56)38-57-47(53)42(48)40-61-44(43(49)34-33-36-45(50)51)35-31-29-27-25-23-16-14-12-10-8-6-4-2/h12,14,23,25,27,29,31,35,41-44,49H,3-11,13,15-22,24,26,28,30,32-34,36-40,48H2,1-2H3,(H,50,51)(H2,54,55,56)/b14-12-,25-23-,29-27+,35-31+/t41-,42+,43+,44-/m1/s1. The zero-order valence-electron chi connectivity index (χ0n) is 37.7. The summed E-state index contributed by atoms with van der Waals surface area (Å²) in [5.74, 6) is -2.33. The molecule has 0 saturated heterocycles. The fourth-order valence-corrected chi connectivity index (χ4v) is 7.95. The van der Waals surface area contributed by atoms with E-state index in [0.717, 1.165) is 32.1 Å². The lowest BCUT2D eigenvalue weighted by atomic mass is 10.0. The molecule has 0 aromatic carbocycles. The second-order valence-corrected chi connectivity index (χ2v) is 18.4. The summed E-state index contributed by atoms with van der Waals surface area (Å²) in [5, 5.41) is 19.3. The van der Waals surface area contributed by atoms with Gasteiger partial charge < -0.3 is 35.2 Å². The Morgan fingerprint density at radius 2 is 1.21 bits per heavy atom. The molecule has 0 heterocycles. The molecule has 4 atom stereocenters. The molecule has 0 bridgehead atoms. The van der Waals surface area contributed by atoms with Crippen molar-refractivity contribution in [2.75, 3.05) is 19.0 Å². The van der Waals surface area contributed by atoms with Crippen LogP contribution < -0.4 is 5.73 Å². The van der Waals surface area contributed by atoms with Gasteiger partial charge >= 0.3 is 25.7 Å². The summed E-state index contributed by atoms with van der Waals surface area (Å²) in [7, 11) is -4.89. The van der Waals surface area contributed by atoms with E-state index in [0.29, 0.717) is 6.42 Å². The van der Waals surface area contributed by atoms with Crippen molar-refractivity contribution in [2.24, 2.45) is 5.73 Å². The Bertz CT molecular complexity index is 1250. The highest BCUT2D eigenvalue weighted by molar-refractivity contribution is 8.00. The molecule has 0 aliphatic rings. The van der Waals surface area contributed by atoms with Gasteiger partial charge in [-0.1, -0.05) is 184 Å². The van der Waals surface area contributed by atoms with E-state index in [1.54, 1.807) is 12.2 Å². The normalized spacial score (nSPS) is 14.3. The average molecular weight is 902 g/mol. The highest BCUT2D eigenvalue weighted by atomic mass is 32.2. The first kappa shape index (κ1) is 58.8. The number of phosphoric acid groups is 1. The number of rotatable bonds is 43. The van der Waals surface area contributed by atoms with Crippen LogP contribution in [0.4, 0.5) is 0 Å². The largest absolute Gasteiger partial charge is 0.481 e. The third-order valence-electron chi connectivity index (χ3n) is 10.1. The number of carboxylic acids is 1. The van der Waals surface area contributed by atoms with Crippen molar-refractivity contribution in [3.05, 3.63) is 48.6 Å². The summed E-state index contributed by atoms with van der Waals surface area (Å²) in [6.07, 6.45) is 41.5. The number of carbonyl (C=O) groups excluding carboxylic acids is 2. The van der Waals surface area contributed by atoms with Crippen molar-refractivity contribution in [3.8, 4) is 0 Å². The molecular weight excluding hydrogens is 818 g/mol. The zero-order chi connectivity index (χ0) is 45.2. The predicted molar refractivity (Wildman–Crippen MR) is 249 cm³/mol. The van der Waals surface area contributed by atoms with Crippen LogP contribution in [-0.4, -0.2) is 80.4 Å². The molecule has 0 aromatic heterocycles. The van der Waals surface area contributed by atoms with Crippen LogP contribution in [0.1, 0.15) is 187 Å². The van der Waals surface area contributed by atoms with Gasteiger partial charge in [0.1, 0.15) is 12.6 Å². The van der Waals surface area contributed by atoms with E-state index < -0.39 is 62.4 Å². The van der Waals surface area contributed by atoms with Gasteiger partial charge in [-0.25, -0.2) is 4.57 Å². The lowest BCUT2D eigenvalue weighted by molar-refractivity contribution is -0.161. The van der Waals surface area contributed by atoms with Gasteiger partial charge in [-0.05, 0) is 38.5 Å². The number of allylic oxidation sites excluding steroid dienone is 7. The average Bonchev–Trinajstić information content (AvgIpc) is 3.22. The van der Waals surface area contributed by atoms with E-state index >= 15 is 0 Å². The lowest BCUT2D eigenvalue weighted by Crippen LogP contribution is -2.38. The third kappa shape index (κ3) is 41.5. The first-order valence-electron chi connectivity index (χ1n) is 23.4. The zero-order valence-corrected chi connectivity index (χ0v) is 39.4. The topological polar surface area (TPSA) is 203 Å². The van der Waals surface area contributed by atoms with Crippen LogP contribution in [0.5, 0.6) is 0 Å². The minimum atomic E-state index is -4.89. The number of hydrogen-bond acceptors (Lipinski definition) is 10. The molecule has 0 unspecified atom stereocenters. The van der Waals surface area contributed by atoms with Crippen molar-refractivity contribution in [3.63, 3.8) is 0 Å². The van der Waals surface area contributed by atoms with Gasteiger partial charge in [0.2, 0.25) is 0 Å². The van der Waals surface area contributed by atoms with Gasteiger partial charge in [0, 0.05) is 23.8 Å². The maximum absolute atomic E-state index is 12.8. The summed E-state index contributed by atoms with van der Waals surface area (Å²) < 4.78 is 26.6. The Kier molecular flexibility index (Phi) is 40.2. The fourth-order valence-electron chi connectivity index (χ4n) is 6.46. The number of phosphoric ester groups is 1. The number of hydrogen-bond donors (Lipinski definition) is 5. The summed E-state index contributed by atoms with van der Waals surface area (Å²) in [6.45, 7) is 3.24. The Balaban J connectivity index is 4.71. The van der Waals surface area contributed by atoms with Crippen molar-refractivity contribution in [1.82, 2.24) is 0 Å². The van der Waals surface area contributed by atoms with Gasteiger partial charge in [-0.3, -0.25) is 18.9 Å². The summed E-state index contributed by atoms with van der Waals surface area (Å²) in [4.78, 5) is 54.8. The summed E-state index contributed by atoms with van der Waals surface area (Å²) in [6, 6.07) is -1.14. The van der Waals surface area contributed by atoms with Crippen LogP contribution in [0.15, 0.2) is 48.6 Å². The van der Waals surface area contributed by atoms with Crippen LogP contribution in [0.25, 0.3) is 0 Å². The Labute approximate surface area is 373 Å². The molecule has 0 spiro atoms. The number of nitrogens with two attached hydrogens (primary N) is 1. The van der Waals surface area contributed by atoms with Gasteiger partial charge in [-0.15, -0.1) is 11.8 Å². The molecule has 0 radical (unpaired) electrons. The molecule has 0 fully saturated rings. The Hall–Kier alpha value is -2.25. The van der Waals surface area contributed by atoms with Gasteiger partial charge in [-0.2, -0.15) is 0 Å². The number of thioether (sulfide) groups is 1. The minimum Gasteiger partial charge on any atom is -0.481 e. The summed E-state index contributed by atoms with van der Waals surface area (Å²) >= 11 is 1.21. The highest BCUT2D eigenvalue weighted by Gasteiger charge is 2.26. The van der Waals surface area contributed by atoms with Crippen molar-refractivity contribution >= 4 is 37.5 Å². The Morgan fingerprint density at radius 1 is 0.672 bits per heavy atom. The molecule has 61 heavy (non-hydrogen) atoms. The van der Waals surface area contributed by atoms with E-state index in [1.807, 2.05) is 24.3 Å². The third-order valence-corrected chi connectivity index (χ3v) is 12.0. The van der Waals surface area contributed by atoms with Gasteiger partial charge in [0.25, 0.3) is 0 Å². The number of aliphatic hydroxyl groups excluding tert-OH is 1. The maximum atomic E-state index is 12.8. The molecule has 12 nitrogen and oxygen atoms in total. The van der Waals surface area contributed by atoms with Crippen LogP contribution >= 0.6 is 19.6 Å². The molecular formula is C47H84NO11PS. The van der Waals surface area contributed by atoms with E-state index in [4.69, 9.17) is 20.3 Å². The molecule has 0 amide bonds. The number of carboxylic acid groups (broad SMARTS) is 1. The number of esters is 2. The van der Waals surface area contributed by atoms with Crippen molar-refractivity contribution in [1.29, 1.82) is 0 Å². The second kappa shape index (κ2) is 41.7. The fraction of sp³-hybridized carbons (Fsp3) is 0.766. The smallest absolute Gasteiger partial charge is 0.469 e. The van der Waals surface area contributed by atoms with Crippen LogP contribution in [0, 0.1) is 0 Å². The first-order valence-corrected chi connectivity index (χ1v) is 26.0. The van der Waals surface area contributed by atoms with Crippen molar-refractivity contribution in [2.45, 2.75) is 211 Å². The second-order valence-electron chi connectivity index (χ2n) is 15.9. The molecule has 0 saturated carbocycles. The number of aliphatic hydroxyl groups is 1. The van der Waals surface area contributed by atoms with E-state index in [-0.39, 0.29) is 31.4 Å². The molecule has 354 valence electrons. The molecule has 6 N–H and O–H groups in total. The molecule has 0 rings (SSSR count). The van der Waals surface area contributed by atoms with Crippen molar-refractivity contribution < 1.29 is 52.9 Å². The quantitative estimate of drug-likeness (QED) is 0.0127. The maximum Gasteiger partial charge on any atom is 0.469 e. The number of carbonyl (C=O) groups is 3. The lowest BCUT2D eigenvalue weighted by Gasteiger charge is -2.22. The number of ether oxygens (including phenoxy) is 2. The Morgan fingerprint density at radius 3 is 1.77 bits per heavy atom. The number of unbranched alkanes of at least 4 members (excludes halogenated alkanes) is 20. The molecule has 0 aliphatic carbocycles. The molecule has 0 aromatic rings. The van der Waals surface area contributed by atoms with Gasteiger partial charge in [0.05, 0.1) is 12.7 Å². The molecule has 0 aliphatic heterocycles. The van der Waals surface area contributed by atoms with Crippen LogP contribution in [0.3, 0.4) is 0 Å². The SMILES string of the molecule is CCCCC/C=C\C\C=C/C=C/C=C/[C@@H](SC[C@H](N)C(=O)OC[C@H](COP(=O)(O)O)OC(=O)CCCCCCCCCCCCCCCCCCCC)[C@@H](O)CCCC(=O)O. The van der Waals surface area contributed by atoms with Crippen LogP contribution in [0.2, 0.25) is 0 Å². The highest BCUT2D eigenvalue weighted by Crippen LogP contribution is 2.36. The monoisotopic (exact) mass is 902 g/mol. The van der Waals surface area contributed by atoms with E-state index in [9.17, 15) is 33.8 Å².